The van der Waals surface area contributed by atoms with Crippen LogP contribution in [-0.4, -0.2) is 60.2 Å². The lowest BCUT2D eigenvalue weighted by Gasteiger charge is -2.34. The number of alkyl halides is 1. The summed E-state index contributed by atoms with van der Waals surface area (Å²) in [4.78, 5) is 17.5. The predicted molar refractivity (Wildman–Crippen MR) is 164 cm³/mol. The summed E-state index contributed by atoms with van der Waals surface area (Å²) in [6.45, 7) is 6.50. The molecule has 7 nitrogen and oxygen atoms in total. The smallest absolute Gasteiger partial charge is 0.287 e. The van der Waals surface area contributed by atoms with Crippen LogP contribution in [0.25, 0.3) is 11.0 Å². The predicted octanol–water partition coefficient (Wildman–Crippen LogP) is 6.00. The fourth-order valence-corrected chi connectivity index (χ4v) is 5.99. The minimum absolute atomic E-state index is 0.0789. The van der Waals surface area contributed by atoms with Gasteiger partial charge < -0.3 is 14.5 Å². The molecule has 6 rings (SSSR count). The lowest BCUT2D eigenvalue weighted by atomic mass is 10.0. The SMILES string of the molecule is Cc1ccc(CN2CC[C@@H](Oc3ccc4oc(C(=O)NC5CCN(Cc6ccc(C#N)cc6)CC5)cc4c3)[C@H](F)C2)cc1. The third-order valence-corrected chi connectivity index (χ3v) is 8.50. The Kier molecular flexibility index (Phi) is 8.73. The molecule has 3 aromatic carbocycles. The van der Waals surface area contributed by atoms with Gasteiger partial charge in [-0.15, -0.1) is 0 Å². The highest BCUT2D eigenvalue weighted by molar-refractivity contribution is 5.96. The van der Waals surface area contributed by atoms with Crippen molar-refractivity contribution in [2.75, 3.05) is 26.2 Å². The highest BCUT2D eigenvalue weighted by Gasteiger charge is 2.31. The molecule has 0 aliphatic carbocycles. The number of amides is 1. The van der Waals surface area contributed by atoms with Crippen molar-refractivity contribution in [2.45, 2.75) is 57.6 Å². The fourth-order valence-electron chi connectivity index (χ4n) is 5.99. The molecule has 2 aliphatic rings. The van der Waals surface area contributed by atoms with E-state index in [9.17, 15) is 4.79 Å². The Morgan fingerprint density at radius 1 is 0.953 bits per heavy atom. The molecule has 2 fully saturated rings. The van der Waals surface area contributed by atoms with E-state index in [1.54, 1.807) is 18.2 Å². The van der Waals surface area contributed by atoms with Gasteiger partial charge in [0, 0.05) is 50.7 Å². The summed E-state index contributed by atoms with van der Waals surface area (Å²) >= 11 is 0. The molecule has 8 heteroatoms. The second-order valence-electron chi connectivity index (χ2n) is 11.8. The maximum atomic E-state index is 15.1. The van der Waals surface area contributed by atoms with Crippen LogP contribution in [0.15, 0.2) is 77.2 Å². The van der Waals surface area contributed by atoms with Crippen molar-refractivity contribution in [3.8, 4) is 11.8 Å². The lowest BCUT2D eigenvalue weighted by Crippen LogP contribution is -2.46. The number of fused-ring (bicyclic) bond motifs is 1. The van der Waals surface area contributed by atoms with Crippen molar-refractivity contribution < 1.29 is 18.3 Å². The highest BCUT2D eigenvalue weighted by atomic mass is 19.1. The molecular formula is C35H37FN4O3. The summed E-state index contributed by atoms with van der Waals surface area (Å²) in [5.74, 6) is 0.614. The average molecular weight is 581 g/mol. The number of rotatable bonds is 8. The number of hydrogen-bond donors (Lipinski definition) is 1. The normalized spacial score (nSPS) is 20.1. The van der Waals surface area contributed by atoms with Crippen LogP contribution in [0, 0.1) is 18.3 Å². The Bertz CT molecular complexity index is 1590. The number of aryl methyl sites for hydroxylation is 1. The topological polar surface area (TPSA) is 81.7 Å². The second-order valence-corrected chi connectivity index (χ2v) is 11.8. The van der Waals surface area contributed by atoms with Gasteiger partial charge >= 0.3 is 0 Å². The van der Waals surface area contributed by atoms with E-state index in [0.717, 1.165) is 51.0 Å². The van der Waals surface area contributed by atoms with Gasteiger partial charge in [0.1, 0.15) is 23.6 Å². The summed E-state index contributed by atoms with van der Waals surface area (Å²) in [7, 11) is 0. The van der Waals surface area contributed by atoms with Crippen LogP contribution in [0.4, 0.5) is 4.39 Å². The highest BCUT2D eigenvalue weighted by Crippen LogP contribution is 2.28. The molecular weight excluding hydrogens is 543 g/mol. The summed E-state index contributed by atoms with van der Waals surface area (Å²) in [5, 5.41) is 12.9. The van der Waals surface area contributed by atoms with Crippen LogP contribution in [0.3, 0.4) is 0 Å². The van der Waals surface area contributed by atoms with E-state index in [1.807, 2.05) is 30.3 Å². The van der Waals surface area contributed by atoms with Crippen LogP contribution in [0.5, 0.6) is 5.75 Å². The molecule has 2 atom stereocenters. The number of carbonyl (C=O) groups is 1. The molecule has 2 saturated heterocycles. The number of piperidine rings is 2. The molecule has 0 bridgehead atoms. The fraction of sp³-hybridized carbons (Fsp3) is 0.371. The van der Waals surface area contributed by atoms with Crippen molar-refractivity contribution in [3.05, 3.63) is 101 Å². The molecule has 1 aromatic heterocycles. The molecule has 1 amide bonds. The zero-order valence-corrected chi connectivity index (χ0v) is 24.5. The van der Waals surface area contributed by atoms with Gasteiger partial charge in [-0.25, -0.2) is 4.39 Å². The number of nitriles is 1. The first kappa shape index (κ1) is 28.9. The quantitative estimate of drug-likeness (QED) is 0.275. The zero-order chi connectivity index (χ0) is 29.8. The Hall–Kier alpha value is -4.19. The number of nitrogens with one attached hydrogen (secondary N) is 1. The third kappa shape index (κ3) is 7.24. The van der Waals surface area contributed by atoms with Crippen LogP contribution in [-0.2, 0) is 13.1 Å². The van der Waals surface area contributed by atoms with Crippen LogP contribution < -0.4 is 10.1 Å². The number of ether oxygens (including phenoxy) is 1. The first-order chi connectivity index (χ1) is 20.9. The summed E-state index contributed by atoms with van der Waals surface area (Å²) in [5.41, 5.74) is 4.85. The maximum Gasteiger partial charge on any atom is 0.287 e. The Labute approximate surface area is 251 Å². The first-order valence-electron chi connectivity index (χ1n) is 15.1. The van der Waals surface area contributed by atoms with Crippen molar-refractivity contribution in [1.82, 2.24) is 15.1 Å². The van der Waals surface area contributed by atoms with E-state index < -0.39 is 12.3 Å². The number of likely N-dealkylation sites (tertiary alicyclic amines) is 2. The number of furan rings is 1. The summed E-state index contributed by atoms with van der Waals surface area (Å²) in [6.07, 6.45) is 0.722. The Morgan fingerprint density at radius 2 is 1.63 bits per heavy atom. The van der Waals surface area contributed by atoms with E-state index in [1.165, 1.54) is 16.7 Å². The monoisotopic (exact) mass is 580 g/mol. The minimum atomic E-state index is -1.09. The standard InChI is InChI=1S/C35H37FN4O3/c1-24-2-4-26(5-3-24)22-40-17-14-33(31(36)23-40)42-30-10-11-32-28(18-30)19-34(43-32)35(41)38-29-12-15-39(16-13-29)21-27-8-6-25(20-37)7-9-27/h2-11,18-19,29,31,33H,12-17,21-23H2,1H3,(H,38,41)/t31-,33-/m1/s1. The van der Waals surface area contributed by atoms with E-state index >= 15 is 4.39 Å². The van der Waals surface area contributed by atoms with Gasteiger partial charge in [0.25, 0.3) is 5.91 Å². The van der Waals surface area contributed by atoms with Crippen molar-refractivity contribution >= 4 is 16.9 Å². The molecule has 1 N–H and O–H groups in total. The zero-order valence-electron chi connectivity index (χ0n) is 24.5. The number of benzene rings is 3. The molecule has 0 saturated carbocycles. The number of halogens is 1. The van der Waals surface area contributed by atoms with Gasteiger partial charge in [-0.3, -0.25) is 14.6 Å². The lowest BCUT2D eigenvalue weighted by molar-refractivity contribution is 0.0191. The van der Waals surface area contributed by atoms with Crippen molar-refractivity contribution in [1.29, 1.82) is 5.26 Å². The minimum Gasteiger partial charge on any atom is -0.487 e. The second kappa shape index (κ2) is 13.0. The van der Waals surface area contributed by atoms with Gasteiger partial charge in [0.2, 0.25) is 0 Å². The molecule has 43 heavy (non-hydrogen) atoms. The van der Waals surface area contributed by atoms with E-state index in [0.29, 0.717) is 29.9 Å². The molecule has 4 aromatic rings. The van der Waals surface area contributed by atoms with Gasteiger partial charge in [0.05, 0.1) is 11.6 Å². The average Bonchev–Trinajstić information content (AvgIpc) is 3.45. The number of hydrogen-bond acceptors (Lipinski definition) is 6. The van der Waals surface area contributed by atoms with Crippen LogP contribution >= 0.6 is 0 Å². The Balaban J connectivity index is 0.987. The van der Waals surface area contributed by atoms with Crippen LogP contribution in [0.1, 0.15) is 52.1 Å². The molecule has 0 spiro atoms. The van der Waals surface area contributed by atoms with E-state index in [4.69, 9.17) is 14.4 Å². The van der Waals surface area contributed by atoms with Crippen molar-refractivity contribution in [3.63, 3.8) is 0 Å². The van der Waals surface area contributed by atoms with Crippen molar-refractivity contribution in [2.24, 2.45) is 0 Å². The Morgan fingerprint density at radius 3 is 2.33 bits per heavy atom. The largest absolute Gasteiger partial charge is 0.487 e. The van der Waals surface area contributed by atoms with E-state index in [2.05, 4.69) is 52.4 Å². The molecule has 222 valence electrons. The first-order valence-corrected chi connectivity index (χ1v) is 15.1. The van der Waals surface area contributed by atoms with Crippen LogP contribution in [0.2, 0.25) is 0 Å². The van der Waals surface area contributed by atoms with E-state index in [-0.39, 0.29) is 17.7 Å². The maximum absolute atomic E-state index is 15.1. The molecule has 3 heterocycles. The molecule has 2 aliphatic heterocycles. The molecule has 0 unspecified atom stereocenters. The number of nitrogens with zero attached hydrogens (tertiary/aromatic N) is 3. The van der Waals surface area contributed by atoms with Gasteiger partial charge in [-0.2, -0.15) is 5.26 Å². The summed E-state index contributed by atoms with van der Waals surface area (Å²) in [6, 6.07) is 25.4. The van der Waals surface area contributed by atoms with Gasteiger partial charge in [-0.1, -0.05) is 42.0 Å². The van der Waals surface area contributed by atoms with Gasteiger partial charge in [-0.05, 0) is 73.7 Å². The van der Waals surface area contributed by atoms with Gasteiger partial charge in [0.15, 0.2) is 5.76 Å². The number of carbonyl (C=O) groups excluding carboxylic acids is 1. The molecule has 0 radical (unpaired) electrons. The summed E-state index contributed by atoms with van der Waals surface area (Å²) < 4.78 is 27.0. The third-order valence-electron chi connectivity index (χ3n) is 8.50.